The van der Waals surface area contributed by atoms with Crippen molar-refractivity contribution in [2.24, 2.45) is 5.92 Å². The third kappa shape index (κ3) is 2.98. The van der Waals surface area contributed by atoms with Gasteiger partial charge in [0.15, 0.2) is 0 Å². The Kier molecular flexibility index (Phi) is 4.59. The molecule has 0 aliphatic heterocycles. The van der Waals surface area contributed by atoms with Crippen LogP contribution in [-0.2, 0) is 13.0 Å². The highest BCUT2D eigenvalue weighted by Gasteiger charge is 2.24. The molecule has 1 aliphatic rings. The summed E-state index contributed by atoms with van der Waals surface area (Å²) < 4.78 is 2.44. The lowest BCUT2D eigenvalue weighted by molar-refractivity contribution is 0.258. The standard InChI is InChI=1S/C18H27N3/c1-3-18-20-15-11-7-8-12-17(15)21(18)13-16(19-2)14-9-5-4-6-10-14/h7-8,11-12,14,16,19H,3-6,9-10,13H2,1-2H3. The topological polar surface area (TPSA) is 29.9 Å². The first-order chi connectivity index (χ1) is 10.3. The zero-order valence-corrected chi connectivity index (χ0v) is 13.3. The third-order valence-electron chi connectivity index (χ3n) is 5.02. The number of fused-ring (bicyclic) bond motifs is 1. The minimum absolute atomic E-state index is 0.563. The van der Waals surface area contributed by atoms with Gasteiger partial charge in [0.25, 0.3) is 0 Å². The smallest absolute Gasteiger partial charge is 0.109 e. The molecule has 21 heavy (non-hydrogen) atoms. The molecule has 3 heteroatoms. The highest BCUT2D eigenvalue weighted by molar-refractivity contribution is 5.75. The molecule has 1 heterocycles. The van der Waals surface area contributed by atoms with Crippen LogP contribution in [0.2, 0.25) is 0 Å². The van der Waals surface area contributed by atoms with Gasteiger partial charge in [-0.05, 0) is 37.9 Å². The van der Waals surface area contributed by atoms with Crippen LogP contribution < -0.4 is 5.32 Å². The monoisotopic (exact) mass is 285 g/mol. The van der Waals surface area contributed by atoms with Crippen LogP contribution in [-0.4, -0.2) is 22.6 Å². The normalized spacial score (nSPS) is 18.2. The zero-order chi connectivity index (χ0) is 14.7. The van der Waals surface area contributed by atoms with Crippen LogP contribution >= 0.6 is 0 Å². The first-order valence-corrected chi connectivity index (χ1v) is 8.45. The van der Waals surface area contributed by atoms with Crippen molar-refractivity contribution in [1.82, 2.24) is 14.9 Å². The van der Waals surface area contributed by atoms with E-state index in [-0.39, 0.29) is 0 Å². The van der Waals surface area contributed by atoms with Crippen molar-refractivity contribution in [3.63, 3.8) is 0 Å². The summed E-state index contributed by atoms with van der Waals surface area (Å²) in [6.07, 6.45) is 7.96. The van der Waals surface area contributed by atoms with Crippen molar-refractivity contribution in [3.05, 3.63) is 30.1 Å². The molecular formula is C18H27N3. The van der Waals surface area contributed by atoms with Crippen molar-refractivity contribution in [2.45, 2.75) is 58.0 Å². The fraction of sp³-hybridized carbons (Fsp3) is 0.611. The molecule has 0 amide bonds. The number of para-hydroxylation sites is 2. The summed E-state index contributed by atoms with van der Waals surface area (Å²) in [6.45, 7) is 3.25. The number of nitrogens with one attached hydrogen (secondary N) is 1. The number of hydrogen-bond donors (Lipinski definition) is 1. The van der Waals surface area contributed by atoms with Gasteiger partial charge in [-0.1, -0.05) is 38.3 Å². The molecule has 0 saturated heterocycles. The molecule has 114 valence electrons. The molecule has 3 rings (SSSR count). The maximum atomic E-state index is 4.80. The molecule has 1 unspecified atom stereocenters. The fourth-order valence-electron chi connectivity index (χ4n) is 3.81. The predicted octanol–water partition coefficient (Wildman–Crippen LogP) is 3.77. The molecule has 1 N–H and O–H groups in total. The van der Waals surface area contributed by atoms with E-state index in [0.29, 0.717) is 6.04 Å². The fourth-order valence-corrected chi connectivity index (χ4v) is 3.81. The molecule has 1 aromatic heterocycles. The Balaban J connectivity index is 1.88. The maximum absolute atomic E-state index is 4.80. The molecule has 1 saturated carbocycles. The van der Waals surface area contributed by atoms with E-state index < -0.39 is 0 Å². The molecule has 1 fully saturated rings. The molecule has 0 bridgehead atoms. The van der Waals surface area contributed by atoms with Gasteiger partial charge in [0.2, 0.25) is 0 Å². The highest BCUT2D eigenvalue weighted by Crippen LogP contribution is 2.28. The van der Waals surface area contributed by atoms with E-state index >= 15 is 0 Å². The van der Waals surface area contributed by atoms with Crippen LogP contribution in [0, 0.1) is 5.92 Å². The van der Waals surface area contributed by atoms with E-state index in [1.807, 2.05) is 0 Å². The van der Waals surface area contributed by atoms with Crippen LogP contribution in [0.15, 0.2) is 24.3 Å². The van der Waals surface area contributed by atoms with Gasteiger partial charge in [-0.25, -0.2) is 4.98 Å². The van der Waals surface area contributed by atoms with Gasteiger partial charge < -0.3 is 9.88 Å². The van der Waals surface area contributed by atoms with Crippen LogP contribution in [0.25, 0.3) is 11.0 Å². The van der Waals surface area contributed by atoms with Gasteiger partial charge in [-0.3, -0.25) is 0 Å². The minimum Gasteiger partial charge on any atom is -0.326 e. The van der Waals surface area contributed by atoms with Crippen molar-refractivity contribution in [3.8, 4) is 0 Å². The molecule has 3 nitrogen and oxygen atoms in total. The Hall–Kier alpha value is -1.35. The lowest BCUT2D eigenvalue weighted by Gasteiger charge is -2.31. The summed E-state index contributed by atoms with van der Waals surface area (Å²) in [5.41, 5.74) is 2.42. The third-order valence-corrected chi connectivity index (χ3v) is 5.02. The Bertz CT molecular complexity index is 581. The molecule has 1 aromatic carbocycles. The molecule has 2 aromatic rings. The number of imidazole rings is 1. The zero-order valence-electron chi connectivity index (χ0n) is 13.3. The molecule has 1 aliphatic carbocycles. The first kappa shape index (κ1) is 14.6. The van der Waals surface area contributed by atoms with E-state index in [9.17, 15) is 0 Å². The Morgan fingerprint density at radius 3 is 2.71 bits per heavy atom. The number of likely N-dealkylation sites (N-methyl/N-ethyl adjacent to an activating group) is 1. The quantitative estimate of drug-likeness (QED) is 0.906. The first-order valence-electron chi connectivity index (χ1n) is 8.45. The number of rotatable bonds is 5. The highest BCUT2D eigenvalue weighted by atomic mass is 15.1. The number of hydrogen-bond acceptors (Lipinski definition) is 2. The lowest BCUT2D eigenvalue weighted by Crippen LogP contribution is -2.38. The summed E-state index contributed by atoms with van der Waals surface area (Å²) in [7, 11) is 2.12. The summed E-state index contributed by atoms with van der Waals surface area (Å²) in [6, 6.07) is 9.09. The van der Waals surface area contributed by atoms with Crippen LogP contribution in [0.5, 0.6) is 0 Å². The van der Waals surface area contributed by atoms with Gasteiger partial charge in [0, 0.05) is 19.0 Å². The van der Waals surface area contributed by atoms with Crippen LogP contribution in [0.4, 0.5) is 0 Å². The van der Waals surface area contributed by atoms with Gasteiger partial charge in [-0.2, -0.15) is 0 Å². The molecule has 1 atom stereocenters. The second-order valence-electron chi connectivity index (χ2n) is 6.27. The Morgan fingerprint density at radius 2 is 2.00 bits per heavy atom. The van der Waals surface area contributed by atoms with Crippen LogP contribution in [0.1, 0.15) is 44.9 Å². The van der Waals surface area contributed by atoms with Crippen molar-refractivity contribution in [1.29, 1.82) is 0 Å². The average Bonchev–Trinajstić information content (AvgIpc) is 2.91. The summed E-state index contributed by atoms with van der Waals surface area (Å²) in [4.78, 5) is 4.80. The van der Waals surface area contributed by atoms with E-state index in [2.05, 4.69) is 48.1 Å². The second kappa shape index (κ2) is 6.61. The number of nitrogens with zero attached hydrogens (tertiary/aromatic N) is 2. The van der Waals surface area contributed by atoms with Crippen LogP contribution in [0.3, 0.4) is 0 Å². The Labute approximate surface area is 127 Å². The van der Waals surface area contributed by atoms with Crippen molar-refractivity contribution in [2.75, 3.05) is 7.05 Å². The van der Waals surface area contributed by atoms with E-state index in [1.165, 1.54) is 43.4 Å². The number of aryl methyl sites for hydroxylation is 1. The number of benzene rings is 1. The number of aromatic nitrogens is 2. The Morgan fingerprint density at radius 1 is 1.24 bits per heavy atom. The van der Waals surface area contributed by atoms with Gasteiger partial charge in [0.05, 0.1) is 11.0 Å². The summed E-state index contributed by atoms with van der Waals surface area (Å²) in [5.74, 6) is 2.03. The van der Waals surface area contributed by atoms with Gasteiger partial charge in [0.1, 0.15) is 5.82 Å². The summed E-state index contributed by atoms with van der Waals surface area (Å²) >= 11 is 0. The lowest BCUT2D eigenvalue weighted by atomic mass is 9.84. The predicted molar refractivity (Wildman–Crippen MR) is 88.5 cm³/mol. The average molecular weight is 285 g/mol. The summed E-state index contributed by atoms with van der Waals surface area (Å²) in [5, 5.41) is 3.58. The largest absolute Gasteiger partial charge is 0.326 e. The van der Waals surface area contributed by atoms with E-state index in [0.717, 1.165) is 24.4 Å². The van der Waals surface area contributed by atoms with Crippen molar-refractivity contribution < 1.29 is 0 Å². The van der Waals surface area contributed by atoms with E-state index in [1.54, 1.807) is 0 Å². The van der Waals surface area contributed by atoms with Gasteiger partial charge in [-0.15, -0.1) is 0 Å². The molecular weight excluding hydrogens is 258 g/mol. The van der Waals surface area contributed by atoms with E-state index in [4.69, 9.17) is 4.98 Å². The van der Waals surface area contributed by atoms with Gasteiger partial charge >= 0.3 is 0 Å². The molecule has 0 spiro atoms. The molecule has 0 radical (unpaired) electrons. The second-order valence-corrected chi connectivity index (χ2v) is 6.27. The SMILES string of the molecule is CCc1nc2ccccc2n1CC(NC)C1CCCCC1. The minimum atomic E-state index is 0.563. The van der Waals surface area contributed by atoms with Crippen molar-refractivity contribution >= 4 is 11.0 Å². The maximum Gasteiger partial charge on any atom is 0.109 e.